The van der Waals surface area contributed by atoms with Crippen LogP contribution < -0.4 is 5.56 Å². The zero-order valence-corrected chi connectivity index (χ0v) is 16.4. The van der Waals surface area contributed by atoms with Crippen molar-refractivity contribution >= 4 is 11.1 Å². The summed E-state index contributed by atoms with van der Waals surface area (Å²) >= 11 is 0. The van der Waals surface area contributed by atoms with Gasteiger partial charge in [0.15, 0.2) is 0 Å². The normalized spacial score (nSPS) is 11.8. The zero-order chi connectivity index (χ0) is 19.0. The molecule has 0 saturated heterocycles. The standard InChI is InChI=1S/C17H22N2O.2C2H6/c1-5-9-12-13(8-4)16-15(17(20)19-18-16)14(10-6-2)11-7-3;2*1-2/h5-6,8-12H,1,7H2,2-4H3,(H2,18,19,20);2*1-2H3/b10-6-,12-9-,13-8+,14-11+;;. The third kappa shape index (κ3) is 7.32. The predicted octanol–water partition coefficient (Wildman–Crippen LogP) is 6.27. The van der Waals surface area contributed by atoms with Crippen molar-refractivity contribution < 1.29 is 0 Å². The van der Waals surface area contributed by atoms with Crippen LogP contribution in [0.2, 0.25) is 0 Å². The van der Waals surface area contributed by atoms with Crippen LogP contribution in [0.5, 0.6) is 0 Å². The lowest BCUT2D eigenvalue weighted by molar-refractivity contribution is 1.04. The minimum atomic E-state index is -0.107. The molecule has 0 amide bonds. The molecule has 0 aromatic carbocycles. The molecule has 2 N–H and O–H groups in total. The summed E-state index contributed by atoms with van der Waals surface area (Å²) in [5.74, 6) is 0. The van der Waals surface area contributed by atoms with Crippen LogP contribution in [0.15, 0.2) is 53.9 Å². The van der Waals surface area contributed by atoms with E-state index in [1.165, 1.54) is 0 Å². The summed E-state index contributed by atoms with van der Waals surface area (Å²) in [6, 6.07) is 0. The molecule has 1 rings (SSSR count). The van der Waals surface area contributed by atoms with Gasteiger partial charge in [0.1, 0.15) is 0 Å². The predicted molar refractivity (Wildman–Crippen MR) is 110 cm³/mol. The molecule has 1 heterocycles. The van der Waals surface area contributed by atoms with Crippen LogP contribution in [0, 0.1) is 0 Å². The summed E-state index contributed by atoms with van der Waals surface area (Å²) < 4.78 is 0. The Morgan fingerprint density at radius 2 is 1.67 bits per heavy atom. The number of H-pyrrole nitrogens is 2. The minimum absolute atomic E-state index is 0.107. The summed E-state index contributed by atoms with van der Waals surface area (Å²) in [5, 5.41) is 5.64. The number of rotatable bonds is 6. The molecule has 1 aromatic heterocycles. The maximum Gasteiger partial charge on any atom is 0.272 e. The van der Waals surface area contributed by atoms with Gasteiger partial charge in [0, 0.05) is 0 Å². The molecule has 0 spiro atoms. The molecule has 0 radical (unpaired) electrons. The smallest absolute Gasteiger partial charge is 0.272 e. The molecular formula is C21H34N2O. The molecule has 24 heavy (non-hydrogen) atoms. The first kappa shape index (κ1) is 24.0. The molecule has 0 bridgehead atoms. The molecule has 134 valence electrons. The molecule has 0 saturated carbocycles. The molecule has 0 aliphatic rings. The second-order valence-corrected chi connectivity index (χ2v) is 4.24. The highest BCUT2D eigenvalue weighted by atomic mass is 16.1. The Bertz CT molecular complexity index is 623. The van der Waals surface area contributed by atoms with E-state index in [4.69, 9.17) is 0 Å². The number of aromatic nitrogens is 2. The van der Waals surface area contributed by atoms with Crippen molar-refractivity contribution in [3.63, 3.8) is 0 Å². The van der Waals surface area contributed by atoms with Gasteiger partial charge in [-0.15, -0.1) is 0 Å². The van der Waals surface area contributed by atoms with E-state index < -0.39 is 0 Å². The van der Waals surface area contributed by atoms with Crippen LogP contribution >= 0.6 is 0 Å². The number of nitrogens with one attached hydrogen (secondary N) is 2. The topological polar surface area (TPSA) is 48.6 Å². The van der Waals surface area contributed by atoms with E-state index in [-0.39, 0.29) is 5.56 Å². The van der Waals surface area contributed by atoms with Crippen molar-refractivity contribution in [2.45, 2.75) is 54.9 Å². The summed E-state index contributed by atoms with van der Waals surface area (Å²) in [6.07, 6.45) is 14.3. The monoisotopic (exact) mass is 330 g/mol. The van der Waals surface area contributed by atoms with E-state index in [1.54, 1.807) is 6.08 Å². The lowest BCUT2D eigenvalue weighted by Crippen LogP contribution is -2.05. The van der Waals surface area contributed by atoms with Gasteiger partial charge in [0.2, 0.25) is 0 Å². The van der Waals surface area contributed by atoms with Gasteiger partial charge in [-0.25, -0.2) is 0 Å². The van der Waals surface area contributed by atoms with Crippen LogP contribution in [0.25, 0.3) is 11.1 Å². The highest BCUT2D eigenvalue weighted by molar-refractivity contribution is 5.84. The molecular weight excluding hydrogens is 296 g/mol. The Labute approximate surface area is 147 Å². The van der Waals surface area contributed by atoms with E-state index in [9.17, 15) is 4.79 Å². The van der Waals surface area contributed by atoms with Crippen molar-refractivity contribution in [2.24, 2.45) is 0 Å². The molecule has 0 atom stereocenters. The van der Waals surface area contributed by atoms with Gasteiger partial charge < -0.3 is 0 Å². The number of allylic oxidation sites excluding steroid dienone is 9. The molecule has 0 aliphatic heterocycles. The fourth-order valence-electron chi connectivity index (χ4n) is 2.00. The average Bonchev–Trinajstić information content (AvgIpc) is 3.00. The van der Waals surface area contributed by atoms with Crippen molar-refractivity contribution in [1.82, 2.24) is 10.2 Å². The molecule has 1 aromatic rings. The van der Waals surface area contributed by atoms with E-state index >= 15 is 0 Å². The van der Waals surface area contributed by atoms with Crippen molar-refractivity contribution in [2.75, 3.05) is 0 Å². The van der Waals surface area contributed by atoms with E-state index in [1.807, 2.05) is 78.0 Å². The third-order valence-corrected chi connectivity index (χ3v) is 2.85. The lowest BCUT2D eigenvalue weighted by atomic mass is 10.00. The summed E-state index contributed by atoms with van der Waals surface area (Å²) in [7, 11) is 0. The fraction of sp³-hybridized carbons (Fsp3) is 0.381. The Kier molecular flexibility index (Phi) is 15.6. The second-order valence-electron chi connectivity index (χ2n) is 4.24. The Hall–Kier alpha value is -2.29. The van der Waals surface area contributed by atoms with Gasteiger partial charge in [-0.05, 0) is 31.4 Å². The van der Waals surface area contributed by atoms with Gasteiger partial charge in [-0.3, -0.25) is 15.0 Å². The molecule has 0 unspecified atom stereocenters. The van der Waals surface area contributed by atoms with E-state index in [0.717, 1.165) is 23.3 Å². The fourth-order valence-corrected chi connectivity index (χ4v) is 2.00. The van der Waals surface area contributed by atoms with Crippen LogP contribution in [0.3, 0.4) is 0 Å². The lowest BCUT2D eigenvalue weighted by Gasteiger charge is -2.04. The first-order chi connectivity index (χ1) is 11.7. The third-order valence-electron chi connectivity index (χ3n) is 2.85. The van der Waals surface area contributed by atoms with Crippen LogP contribution in [0.1, 0.15) is 66.1 Å². The minimum Gasteiger partial charge on any atom is -0.297 e. The van der Waals surface area contributed by atoms with Gasteiger partial charge in [-0.1, -0.05) is 83.7 Å². The van der Waals surface area contributed by atoms with Crippen molar-refractivity contribution in [3.05, 3.63) is 70.7 Å². The molecule has 3 nitrogen and oxygen atoms in total. The Balaban J connectivity index is 0. The highest BCUT2D eigenvalue weighted by Gasteiger charge is 2.14. The first-order valence-corrected chi connectivity index (χ1v) is 8.79. The molecule has 0 fully saturated rings. The maximum absolute atomic E-state index is 12.1. The number of aromatic amines is 2. The van der Waals surface area contributed by atoms with E-state index in [0.29, 0.717) is 5.56 Å². The second kappa shape index (κ2) is 15.6. The van der Waals surface area contributed by atoms with Gasteiger partial charge in [0.25, 0.3) is 5.56 Å². The van der Waals surface area contributed by atoms with Crippen LogP contribution in [-0.2, 0) is 0 Å². The number of hydrogen-bond donors (Lipinski definition) is 2. The number of hydrogen-bond acceptors (Lipinski definition) is 1. The summed E-state index contributed by atoms with van der Waals surface area (Å²) in [6.45, 7) is 17.6. The zero-order valence-electron chi connectivity index (χ0n) is 16.4. The molecule has 3 heteroatoms. The van der Waals surface area contributed by atoms with E-state index in [2.05, 4.69) is 23.7 Å². The van der Waals surface area contributed by atoms with Crippen molar-refractivity contribution in [3.8, 4) is 0 Å². The van der Waals surface area contributed by atoms with Gasteiger partial charge in [0.05, 0.1) is 11.3 Å². The average molecular weight is 331 g/mol. The van der Waals surface area contributed by atoms with Crippen molar-refractivity contribution in [1.29, 1.82) is 0 Å². The van der Waals surface area contributed by atoms with Crippen LogP contribution in [0.4, 0.5) is 0 Å². The Morgan fingerprint density at radius 3 is 2.12 bits per heavy atom. The maximum atomic E-state index is 12.1. The first-order valence-electron chi connectivity index (χ1n) is 8.79. The van der Waals surface area contributed by atoms with Gasteiger partial charge >= 0.3 is 0 Å². The quantitative estimate of drug-likeness (QED) is 0.593. The SMILES string of the molecule is C=C/C=C\C(=C/C)c1[nH][nH]c(=O)c1C(/C=C\C)=C/CC.CC.CC. The summed E-state index contributed by atoms with van der Waals surface area (Å²) in [5.41, 5.74) is 3.24. The van der Waals surface area contributed by atoms with Crippen LogP contribution in [-0.4, -0.2) is 10.2 Å². The highest BCUT2D eigenvalue weighted by Crippen LogP contribution is 2.23. The Morgan fingerprint density at radius 1 is 1.04 bits per heavy atom. The molecule has 0 aliphatic carbocycles. The summed E-state index contributed by atoms with van der Waals surface area (Å²) in [4.78, 5) is 12.1. The van der Waals surface area contributed by atoms with Gasteiger partial charge in [-0.2, -0.15) is 0 Å². The largest absolute Gasteiger partial charge is 0.297 e.